The summed E-state index contributed by atoms with van der Waals surface area (Å²) in [6, 6.07) is 8.40. The predicted octanol–water partition coefficient (Wildman–Crippen LogP) is 2.91. The van der Waals surface area contributed by atoms with E-state index in [1.807, 2.05) is 19.1 Å². The highest BCUT2D eigenvalue weighted by Crippen LogP contribution is 2.39. The summed E-state index contributed by atoms with van der Waals surface area (Å²) in [6.07, 6.45) is 0.894. The van der Waals surface area contributed by atoms with Crippen molar-refractivity contribution in [2.24, 2.45) is 0 Å². The molecule has 1 aliphatic rings. The molecule has 0 unspecified atom stereocenters. The number of nitrogens with zero attached hydrogens (tertiary/aromatic N) is 2. The van der Waals surface area contributed by atoms with E-state index in [1.54, 1.807) is 14.2 Å². The van der Waals surface area contributed by atoms with Crippen LogP contribution in [0.25, 0.3) is 11.3 Å². The van der Waals surface area contributed by atoms with E-state index in [1.165, 1.54) is 5.56 Å². The van der Waals surface area contributed by atoms with Crippen molar-refractivity contribution >= 4 is 0 Å². The molecule has 102 valence electrons. The number of nitriles is 1. The first-order valence-electron chi connectivity index (χ1n) is 6.55. The van der Waals surface area contributed by atoms with Crippen LogP contribution in [-0.2, 0) is 13.0 Å². The third kappa shape index (κ3) is 1.67. The van der Waals surface area contributed by atoms with Crippen molar-refractivity contribution in [1.82, 2.24) is 4.57 Å². The Morgan fingerprint density at radius 2 is 1.85 bits per heavy atom. The van der Waals surface area contributed by atoms with Gasteiger partial charge in [-0.15, -0.1) is 0 Å². The van der Waals surface area contributed by atoms with E-state index >= 15 is 0 Å². The Balaban J connectivity index is 2.24. The molecule has 2 aromatic rings. The van der Waals surface area contributed by atoms with Crippen LogP contribution in [0.5, 0.6) is 11.5 Å². The lowest BCUT2D eigenvalue weighted by Gasteiger charge is -2.22. The van der Waals surface area contributed by atoms with Gasteiger partial charge in [0.25, 0.3) is 0 Å². The Kier molecular flexibility index (Phi) is 2.90. The van der Waals surface area contributed by atoms with Gasteiger partial charge >= 0.3 is 0 Å². The Morgan fingerprint density at radius 1 is 1.15 bits per heavy atom. The molecule has 2 heterocycles. The normalized spacial score (nSPS) is 12.3. The SMILES string of the molecule is COc1cc2c(cc1OC)-c1cc(C)c(C#N)n1CC2. The zero-order valence-corrected chi connectivity index (χ0v) is 11.9. The minimum Gasteiger partial charge on any atom is -0.493 e. The Labute approximate surface area is 118 Å². The number of aromatic nitrogens is 1. The topological polar surface area (TPSA) is 47.2 Å². The number of rotatable bonds is 2. The van der Waals surface area contributed by atoms with Gasteiger partial charge in [-0.2, -0.15) is 5.26 Å². The Bertz CT molecular complexity index is 723. The van der Waals surface area contributed by atoms with Crippen LogP contribution in [0.1, 0.15) is 16.8 Å². The van der Waals surface area contributed by atoms with Crippen LogP contribution in [0, 0.1) is 18.3 Å². The van der Waals surface area contributed by atoms with Gasteiger partial charge in [-0.25, -0.2) is 0 Å². The highest BCUT2D eigenvalue weighted by Gasteiger charge is 2.22. The molecule has 1 aromatic heterocycles. The highest BCUT2D eigenvalue weighted by atomic mass is 16.5. The summed E-state index contributed by atoms with van der Waals surface area (Å²) in [7, 11) is 3.28. The summed E-state index contributed by atoms with van der Waals surface area (Å²) >= 11 is 0. The molecule has 0 N–H and O–H groups in total. The maximum Gasteiger partial charge on any atom is 0.161 e. The monoisotopic (exact) mass is 268 g/mol. The third-order valence-electron chi connectivity index (χ3n) is 3.88. The van der Waals surface area contributed by atoms with Crippen molar-refractivity contribution in [1.29, 1.82) is 5.26 Å². The molecule has 0 aliphatic carbocycles. The van der Waals surface area contributed by atoms with Gasteiger partial charge in [0.1, 0.15) is 11.8 Å². The number of ether oxygens (including phenoxy) is 2. The number of fused-ring (bicyclic) bond motifs is 3. The van der Waals surface area contributed by atoms with Gasteiger partial charge in [-0.05, 0) is 42.7 Å². The van der Waals surface area contributed by atoms with Crippen molar-refractivity contribution in [3.63, 3.8) is 0 Å². The van der Waals surface area contributed by atoms with E-state index in [-0.39, 0.29) is 0 Å². The van der Waals surface area contributed by atoms with Crippen LogP contribution in [0.2, 0.25) is 0 Å². The van der Waals surface area contributed by atoms with Crippen molar-refractivity contribution in [2.45, 2.75) is 19.9 Å². The molecule has 20 heavy (non-hydrogen) atoms. The second-order valence-electron chi connectivity index (χ2n) is 4.94. The maximum absolute atomic E-state index is 9.28. The number of benzene rings is 1. The molecule has 1 aliphatic heterocycles. The fourth-order valence-corrected chi connectivity index (χ4v) is 2.89. The van der Waals surface area contributed by atoms with Crippen LogP contribution in [0.3, 0.4) is 0 Å². The van der Waals surface area contributed by atoms with Gasteiger partial charge in [0.2, 0.25) is 0 Å². The minimum absolute atomic E-state index is 0.720. The van der Waals surface area contributed by atoms with Crippen LogP contribution in [0.4, 0.5) is 0 Å². The smallest absolute Gasteiger partial charge is 0.161 e. The number of aryl methyl sites for hydroxylation is 2. The largest absolute Gasteiger partial charge is 0.493 e. The molecule has 4 heteroatoms. The fraction of sp³-hybridized carbons (Fsp3) is 0.312. The molecule has 3 rings (SSSR count). The van der Waals surface area contributed by atoms with E-state index in [2.05, 4.69) is 16.7 Å². The van der Waals surface area contributed by atoms with Crippen molar-refractivity contribution in [3.05, 3.63) is 35.0 Å². The molecule has 1 aromatic carbocycles. The van der Waals surface area contributed by atoms with Crippen LogP contribution >= 0.6 is 0 Å². The molecule has 0 saturated carbocycles. The zero-order valence-electron chi connectivity index (χ0n) is 11.9. The summed E-state index contributed by atoms with van der Waals surface area (Å²) in [6.45, 7) is 2.80. The van der Waals surface area contributed by atoms with Gasteiger partial charge in [0, 0.05) is 17.8 Å². The van der Waals surface area contributed by atoms with Crippen LogP contribution in [-0.4, -0.2) is 18.8 Å². The van der Waals surface area contributed by atoms with Crippen LogP contribution < -0.4 is 9.47 Å². The van der Waals surface area contributed by atoms with E-state index in [9.17, 15) is 5.26 Å². The highest BCUT2D eigenvalue weighted by molar-refractivity contribution is 5.72. The molecule has 0 bridgehead atoms. The zero-order chi connectivity index (χ0) is 14.3. The lowest BCUT2D eigenvalue weighted by molar-refractivity contribution is 0.354. The van der Waals surface area contributed by atoms with Crippen molar-refractivity contribution in [2.75, 3.05) is 14.2 Å². The standard InChI is InChI=1S/C16H16N2O2/c1-10-6-13-12-8-16(20-3)15(19-2)7-11(12)4-5-18(13)14(10)9-17/h6-8H,4-5H2,1-3H3. The molecule has 0 radical (unpaired) electrons. The van der Waals surface area contributed by atoms with E-state index in [4.69, 9.17) is 9.47 Å². The van der Waals surface area contributed by atoms with Gasteiger partial charge < -0.3 is 14.0 Å². The molecule has 4 nitrogen and oxygen atoms in total. The lowest BCUT2D eigenvalue weighted by Crippen LogP contribution is -2.12. The first-order chi connectivity index (χ1) is 9.69. The van der Waals surface area contributed by atoms with E-state index in [0.29, 0.717) is 0 Å². The number of hydrogen-bond acceptors (Lipinski definition) is 3. The summed E-state index contributed by atoms with van der Waals surface area (Å²) < 4.78 is 12.8. The Morgan fingerprint density at radius 3 is 2.50 bits per heavy atom. The van der Waals surface area contributed by atoms with Gasteiger partial charge in [0.05, 0.1) is 14.2 Å². The minimum atomic E-state index is 0.720. The first kappa shape index (κ1) is 12.6. The van der Waals surface area contributed by atoms with Gasteiger partial charge in [-0.3, -0.25) is 0 Å². The maximum atomic E-state index is 9.28. The second-order valence-corrected chi connectivity index (χ2v) is 4.94. The summed E-state index contributed by atoms with van der Waals surface area (Å²) in [5, 5.41) is 9.28. The Hall–Kier alpha value is -2.41. The van der Waals surface area contributed by atoms with Crippen molar-refractivity contribution < 1.29 is 9.47 Å². The number of hydrogen-bond donors (Lipinski definition) is 0. The molecule has 0 fully saturated rings. The second kappa shape index (κ2) is 4.61. The predicted molar refractivity (Wildman–Crippen MR) is 76.1 cm³/mol. The summed E-state index contributed by atoms with van der Waals surface area (Å²) in [5.74, 6) is 1.47. The van der Waals surface area contributed by atoms with Gasteiger partial charge in [-0.1, -0.05) is 0 Å². The fourth-order valence-electron chi connectivity index (χ4n) is 2.89. The molecule has 0 spiro atoms. The molecular formula is C16H16N2O2. The summed E-state index contributed by atoms with van der Waals surface area (Å²) in [5.41, 5.74) is 5.21. The molecule has 0 atom stereocenters. The first-order valence-corrected chi connectivity index (χ1v) is 6.55. The molecule has 0 saturated heterocycles. The molecule has 0 amide bonds. The third-order valence-corrected chi connectivity index (χ3v) is 3.88. The van der Waals surface area contributed by atoms with E-state index in [0.717, 1.165) is 47.0 Å². The van der Waals surface area contributed by atoms with E-state index < -0.39 is 0 Å². The van der Waals surface area contributed by atoms with Crippen molar-refractivity contribution in [3.8, 4) is 28.8 Å². The molecular weight excluding hydrogens is 252 g/mol. The lowest BCUT2D eigenvalue weighted by atomic mass is 9.97. The number of methoxy groups -OCH3 is 2. The summed E-state index contributed by atoms with van der Waals surface area (Å²) in [4.78, 5) is 0. The van der Waals surface area contributed by atoms with Crippen LogP contribution in [0.15, 0.2) is 18.2 Å². The average molecular weight is 268 g/mol. The van der Waals surface area contributed by atoms with Gasteiger partial charge in [0.15, 0.2) is 11.5 Å². The average Bonchev–Trinajstić information content (AvgIpc) is 2.81. The quantitative estimate of drug-likeness (QED) is 0.841.